The summed E-state index contributed by atoms with van der Waals surface area (Å²) in [5, 5.41) is 3.65. The zero-order valence-corrected chi connectivity index (χ0v) is 12.6. The zero-order chi connectivity index (χ0) is 14.0. The smallest absolute Gasteiger partial charge is 0.126 e. The topological polar surface area (TPSA) is 30.5 Å². The second kappa shape index (κ2) is 5.83. The van der Waals surface area contributed by atoms with Crippen LogP contribution in [0.5, 0.6) is 11.5 Å². The third-order valence-electron chi connectivity index (χ3n) is 3.85. The van der Waals surface area contributed by atoms with Crippen molar-refractivity contribution < 1.29 is 9.47 Å². The highest BCUT2D eigenvalue weighted by molar-refractivity contribution is 5.51. The lowest BCUT2D eigenvalue weighted by Gasteiger charge is -2.33. The van der Waals surface area contributed by atoms with Gasteiger partial charge >= 0.3 is 0 Å². The lowest BCUT2D eigenvalue weighted by Crippen LogP contribution is -2.33. The number of hydrogen-bond donors (Lipinski definition) is 1. The molecule has 0 saturated carbocycles. The van der Waals surface area contributed by atoms with Gasteiger partial charge in [0.2, 0.25) is 0 Å². The molecule has 3 heteroatoms. The van der Waals surface area contributed by atoms with Crippen molar-refractivity contribution in [1.29, 1.82) is 0 Å². The Hall–Kier alpha value is -1.22. The van der Waals surface area contributed by atoms with E-state index in [1.54, 1.807) is 14.2 Å². The molecule has 0 aromatic heterocycles. The summed E-state index contributed by atoms with van der Waals surface area (Å²) in [7, 11) is 3.44. The fourth-order valence-corrected chi connectivity index (χ4v) is 2.94. The number of ether oxygens (including phenoxy) is 2. The molecule has 106 valence electrons. The lowest BCUT2D eigenvalue weighted by molar-refractivity contribution is 0.360. The average Bonchev–Trinajstić information content (AvgIpc) is 2.40. The summed E-state index contributed by atoms with van der Waals surface area (Å²) in [6.45, 7) is 7.77. The van der Waals surface area contributed by atoms with Crippen LogP contribution in [0.1, 0.15) is 50.3 Å². The highest BCUT2D eigenvalue weighted by Crippen LogP contribution is 2.41. The summed E-state index contributed by atoms with van der Waals surface area (Å²) >= 11 is 0. The van der Waals surface area contributed by atoms with E-state index >= 15 is 0 Å². The van der Waals surface area contributed by atoms with E-state index < -0.39 is 0 Å². The van der Waals surface area contributed by atoms with Crippen LogP contribution in [-0.4, -0.2) is 20.8 Å². The quantitative estimate of drug-likeness (QED) is 0.902. The molecule has 0 saturated heterocycles. The van der Waals surface area contributed by atoms with Gasteiger partial charge in [0.15, 0.2) is 0 Å². The number of benzene rings is 1. The summed E-state index contributed by atoms with van der Waals surface area (Å²) in [4.78, 5) is 0. The average molecular weight is 263 g/mol. The van der Waals surface area contributed by atoms with E-state index in [0.717, 1.165) is 24.5 Å². The highest BCUT2D eigenvalue weighted by atomic mass is 16.5. The van der Waals surface area contributed by atoms with Gasteiger partial charge in [-0.25, -0.2) is 0 Å². The highest BCUT2D eigenvalue weighted by Gasteiger charge is 2.28. The van der Waals surface area contributed by atoms with Crippen molar-refractivity contribution in [2.24, 2.45) is 5.92 Å². The van der Waals surface area contributed by atoms with Crippen LogP contribution in [0.3, 0.4) is 0 Å². The van der Waals surface area contributed by atoms with Gasteiger partial charge < -0.3 is 14.8 Å². The summed E-state index contributed by atoms with van der Waals surface area (Å²) in [6, 6.07) is 4.55. The van der Waals surface area contributed by atoms with Crippen molar-refractivity contribution >= 4 is 0 Å². The van der Waals surface area contributed by atoms with Gasteiger partial charge in [0, 0.05) is 24.2 Å². The number of hydrogen-bond acceptors (Lipinski definition) is 3. The van der Waals surface area contributed by atoms with Crippen LogP contribution in [0.4, 0.5) is 0 Å². The predicted octanol–water partition coefficient (Wildman–Crippen LogP) is 3.50. The van der Waals surface area contributed by atoms with Crippen LogP contribution in [0, 0.1) is 5.92 Å². The third kappa shape index (κ3) is 2.86. The predicted molar refractivity (Wildman–Crippen MR) is 78.2 cm³/mol. The fraction of sp³-hybridized carbons (Fsp3) is 0.625. The van der Waals surface area contributed by atoms with E-state index in [-0.39, 0.29) is 0 Å². The first-order valence-electron chi connectivity index (χ1n) is 7.06. The Labute approximate surface area is 116 Å². The minimum absolute atomic E-state index is 0.398. The van der Waals surface area contributed by atoms with E-state index in [2.05, 4.69) is 32.2 Å². The van der Waals surface area contributed by atoms with Crippen molar-refractivity contribution in [3.8, 4) is 11.5 Å². The van der Waals surface area contributed by atoms with Crippen molar-refractivity contribution in [1.82, 2.24) is 5.32 Å². The van der Waals surface area contributed by atoms with Crippen molar-refractivity contribution in [2.45, 2.75) is 39.2 Å². The van der Waals surface area contributed by atoms with Gasteiger partial charge in [0.25, 0.3) is 0 Å². The molecule has 1 aliphatic heterocycles. The molecule has 0 bridgehead atoms. The first-order valence-corrected chi connectivity index (χ1v) is 7.06. The molecule has 2 unspecified atom stereocenters. The van der Waals surface area contributed by atoms with Crippen LogP contribution in [0.25, 0.3) is 0 Å². The second-order valence-corrected chi connectivity index (χ2v) is 5.82. The summed E-state index contributed by atoms with van der Waals surface area (Å²) in [5.74, 6) is 2.97. The van der Waals surface area contributed by atoms with Gasteiger partial charge in [0.1, 0.15) is 11.5 Å². The molecule has 0 radical (unpaired) electrons. The molecule has 0 spiro atoms. The Kier molecular flexibility index (Phi) is 4.35. The summed E-state index contributed by atoms with van der Waals surface area (Å²) in [6.07, 6.45) is 1.13. The van der Waals surface area contributed by atoms with Gasteiger partial charge in [-0.3, -0.25) is 0 Å². The SMILES string of the molecule is COc1cc(OC)c2c(c1)C(CC(C)C)NCC2C. The van der Waals surface area contributed by atoms with Gasteiger partial charge in [-0.1, -0.05) is 20.8 Å². The molecule has 0 amide bonds. The van der Waals surface area contributed by atoms with Crippen molar-refractivity contribution in [3.63, 3.8) is 0 Å². The minimum atomic E-state index is 0.398. The van der Waals surface area contributed by atoms with Crippen LogP contribution >= 0.6 is 0 Å². The first kappa shape index (κ1) is 14.2. The zero-order valence-electron chi connectivity index (χ0n) is 12.6. The monoisotopic (exact) mass is 263 g/mol. The normalized spacial score (nSPS) is 22.2. The largest absolute Gasteiger partial charge is 0.497 e. The Morgan fingerprint density at radius 1 is 1.26 bits per heavy atom. The van der Waals surface area contributed by atoms with Crippen LogP contribution < -0.4 is 14.8 Å². The van der Waals surface area contributed by atoms with Crippen molar-refractivity contribution in [3.05, 3.63) is 23.3 Å². The van der Waals surface area contributed by atoms with Crippen LogP contribution in [0.15, 0.2) is 12.1 Å². The Balaban J connectivity index is 2.48. The molecule has 1 aromatic rings. The van der Waals surface area contributed by atoms with Crippen LogP contribution in [0.2, 0.25) is 0 Å². The standard InChI is InChI=1S/C16H25NO2/c1-10(2)6-14-13-7-12(18-4)8-15(19-5)16(13)11(3)9-17-14/h7-8,10-11,14,17H,6,9H2,1-5H3. The van der Waals surface area contributed by atoms with Gasteiger partial charge in [-0.05, 0) is 29.9 Å². The molecule has 2 atom stereocenters. The molecule has 19 heavy (non-hydrogen) atoms. The maximum absolute atomic E-state index is 5.57. The van der Waals surface area contributed by atoms with Crippen LogP contribution in [-0.2, 0) is 0 Å². The number of fused-ring (bicyclic) bond motifs is 1. The minimum Gasteiger partial charge on any atom is -0.497 e. The third-order valence-corrected chi connectivity index (χ3v) is 3.85. The van der Waals surface area contributed by atoms with E-state index in [9.17, 15) is 0 Å². The number of methoxy groups -OCH3 is 2. The maximum atomic E-state index is 5.57. The molecule has 1 N–H and O–H groups in total. The molecule has 0 aliphatic carbocycles. The molecule has 1 aliphatic rings. The fourth-order valence-electron chi connectivity index (χ4n) is 2.94. The molecule has 3 nitrogen and oxygen atoms in total. The van der Waals surface area contributed by atoms with Crippen molar-refractivity contribution in [2.75, 3.05) is 20.8 Å². The molecule has 1 aromatic carbocycles. The Morgan fingerprint density at radius 2 is 2.00 bits per heavy atom. The lowest BCUT2D eigenvalue weighted by atomic mass is 9.83. The molecule has 1 heterocycles. The molecule has 0 fully saturated rings. The summed E-state index contributed by atoms with van der Waals surface area (Å²) < 4.78 is 11.0. The molecule has 2 rings (SSSR count). The molecular weight excluding hydrogens is 238 g/mol. The first-order chi connectivity index (χ1) is 9.06. The van der Waals surface area contributed by atoms with E-state index in [4.69, 9.17) is 9.47 Å². The molecular formula is C16H25NO2. The number of rotatable bonds is 4. The Morgan fingerprint density at radius 3 is 2.58 bits per heavy atom. The van der Waals surface area contributed by atoms with Gasteiger partial charge in [-0.2, -0.15) is 0 Å². The Bertz CT molecular complexity index is 443. The van der Waals surface area contributed by atoms with E-state index in [1.165, 1.54) is 11.1 Å². The summed E-state index contributed by atoms with van der Waals surface area (Å²) in [5.41, 5.74) is 2.68. The number of nitrogens with one attached hydrogen (secondary N) is 1. The van der Waals surface area contributed by atoms with E-state index in [1.807, 2.05) is 6.07 Å². The maximum Gasteiger partial charge on any atom is 0.126 e. The van der Waals surface area contributed by atoms with Gasteiger partial charge in [-0.15, -0.1) is 0 Å². The van der Waals surface area contributed by atoms with Gasteiger partial charge in [0.05, 0.1) is 14.2 Å². The second-order valence-electron chi connectivity index (χ2n) is 5.82. The van der Waals surface area contributed by atoms with E-state index in [0.29, 0.717) is 17.9 Å².